The topological polar surface area (TPSA) is 37.3 Å². The predicted octanol–water partition coefficient (Wildman–Crippen LogP) is 4.28. The first-order valence-electron chi connectivity index (χ1n) is 5.32. The maximum atomic E-state index is 11.1. The van der Waals surface area contributed by atoms with Crippen LogP contribution in [0.25, 0.3) is 0 Å². The number of hydrogen-bond acceptors (Lipinski definition) is 1. The minimum atomic E-state index is -0.977. The molecule has 0 amide bonds. The minimum absolute atomic E-state index is 0.225. The van der Waals surface area contributed by atoms with Crippen molar-refractivity contribution in [3.05, 3.63) is 69.2 Å². The highest BCUT2D eigenvalue weighted by atomic mass is 35.5. The lowest BCUT2D eigenvalue weighted by molar-refractivity contribution is 0.0696. The largest absolute Gasteiger partial charge is 0.478 e. The zero-order valence-electron chi connectivity index (χ0n) is 9.36. The Labute approximate surface area is 115 Å². The van der Waals surface area contributed by atoms with Crippen LogP contribution in [-0.2, 0) is 6.42 Å². The molecule has 0 radical (unpaired) electrons. The van der Waals surface area contributed by atoms with Crippen LogP contribution in [0.15, 0.2) is 42.5 Å². The molecule has 0 atom stereocenters. The van der Waals surface area contributed by atoms with Crippen molar-refractivity contribution in [3.63, 3.8) is 0 Å². The highest BCUT2D eigenvalue weighted by Crippen LogP contribution is 2.20. The molecule has 1 N–H and O–H groups in total. The Hall–Kier alpha value is -1.51. The SMILES string of the molecule is O=C(O)c1cc(Cl)ccc1Cc1cccc(Cl)c1. The van der Waals surface area contributed by atoms with E-state index >= 15 is 0 Å². The van der Waals surface area contributed by atoms with E-state index in [-0.39, 0.29) is 5.56 Å². The molecule has 2 nitrogen and oxygen atoms in total. The molecule has 92 valence electrons. The van der Waals surface area contributed by atoms with E-state index in [1.807, 2.05) is 18.2 Å². The summed E-state index contributed by atoms with van der Waals surface area (Å²) >= 11 is 11.7. The van der Waals surface area contributed by atoms with Crippen molar-refractivity contribution in [2.75, 3.05) is 0 Å². The molecule has 0 unspecified atom stereocenters. The maximum absolute atomic E-state index is 11.1. The Kier molecular flexibility index (Phi) is 3.90. The summed E-state index contributed by atoms with van der Waals surface area (Å²) in [5, 5.41) is 10.2. The Morgan fingerprint density at radius 2 is 1.78 bits per heavy atom. The molecular formula is C14H10Cl2O2. The molecule has 2 rings (SSSR count). The molecule has 0 saturated heterocycles. The van der Waals surface area contributed by atoms with E-state index in [2.05, 4.69) is 0 Å². The first-order valence-corrected chi connectivity index (χ1v) is 6.08. The van der Waals surface area contributed by atoms with E-state index in [9.17, 15) is 4.79 Å². The summed E-state index contributed by atoms with van der Waals surface area (Å²) in [6.45, 7) is 0. The van der Waals surface area contributed by atoms with Gasteiger partial charge in [-0.15, -0.1) is 0 Å². The molecule has 0 aliphatic rings. The van der Waals surface area contributed by atoms with E-state index in [4.69, 9.17) is 28.3 Å². The summed E-state index contributed by atoms with van der Waals surface area (Å²) in [5.41, 5.74) is 1.91. The molecule has 2 aromatic carbocycles. The van der Waals surface area contributed by atoms with Gasteiger partial charge in [0.1, 0.15) is 0 Å². The van der Waals surface area contributed by atoms with E-state index in [0.29, 0.717) is 22.0 Å². The average Bonchev–Trinajstić information content (AvgIpc) is 2.31. The predicted molar refractivity (Wildman–Crippen MR) is 72.7 cm³/mol. The second-order valence-electron chi connectivity index (χ2n) is 3.91. The number of carboxylic acid groups (broad SMARTS) is 1. The van der Waals surface area contributed by atoms with E-state index in [1.54, 1.807) is 18.2 Å². The van der Waals surface area contributed by atoms with Crippen LogP contribution in [0.5, 0.6) is 0 Å². The summed E-state index contributed by atoms with van der Waals surface area (Å²) in [7, 11) is 0. The second-order valence-corrected chi connectivity index (χ2v) is 4.79. The zero-order valence-corrected chi connectivity index (χ0v) is 10.9. The third-order valence-corrected chi connectivity index (χ3v) is 3.06. The van der Waals surface area contributed by atoms with Crippen LogP contribution in [0, 0.1) is 0 Å². The quantitative estimate of drug-likeness (QED) is 0.911. The van der Waals surface area contributed by atoms with Gasteiger partial charge in [0.05, 0.1) is 5.56 Å². The van der Waals surface area contributed by atoms with Crippen molar-refractivity contribution in [2.24, 2.45) is 0 Å². The molecule has 0 heterocycles. The summed E-state index contributed by atoms with van der Waals surface area (Å²) in [4.78, 5) is 11.1. The Bertz CT molecular complexity index is 594. The fraction of sp³-hybridized carbons (Fsp3) is 0.0714. The van der Waals surface area contributed by atoms with E-state index < -0.39 is 5.97 Å². The lowest BCUT2D eigenvalue weighted by atomic mass is 10.00. The number of carboxylic acids is 1. The first kappa shape index (κ1) is 12.9. The van der Waals surface area contributed by atoms with Crippen LogP contribution in [0.1, 0.15) is 21.5 Å². The van der Waals surface area contributed by atoms with Crippen molar-refractivity contribution in [1.29, 1.82) is 0 Å². The molecule has 2 aromatic rings. The summed E-state index contributed by atoms with van der Waals surface area (Å²) in [5.74, 6) is -0.977. The molecule has 0 aromatic heterocycles. The van der Waals surface area contributed by atoms with Gasteiger partial charge in [-0.25, -0.2) is 4.79 Å². The lowest BCUT2D eigenvalue weighted by Gasteiger charge is -2.07. The van der Waals surface area contributed by atoms with Crippen molar-refractivity contribution < 1.29 is 9.90 Å². The minimum Gasteiger partial charge on any atom is -0.478 e. The van der Waals surface area contributed by atoms with Gasteiger partial charge < -0.3 is 5.11 Å². The number of halogens is 2. The van der Waals surface area contributed by atoms with Crippen LogP contribution in [0.2, 0.25) is 10.0 Å². The Balaban J connectivity index is 2.37. The summed E-state index contributed by atoms with van der Waals surface area (Å²) < 4.78 is 0. The fourth-order valence-electron chi connectivity index (χ4n) is 1.77. The van der Waals surface area contributed by atoms with Crippen molar-refractivity contribution in [1.82, 2.24) is 0 Å². The highest BCUT2D eigenvalue weighted by molar-refractivity contribution is 6.31. The molecule has 0 bridgehead atoms. The third-order valence-electron chi connectivity index (χ3n) is 2.59. The number of hydrogen-bond donors (Lipinski definition) is 1. The van der Waals surface area contributed by atoms with E-state index in [1.165, 1.54) is 6.07 Å². The molecule has 0 fully saturated rings. The van der Waals surface area contributed by atoms with Gasteiger partial charge in [-0.3, -0.25) is 0 Å². The first-order chi connectivity index (χ1) is 8.56. The lowest BCUT2D eigenvalue weighted by Crippen LogP contribution is -2.03. The molecule has 0 aliphatic heterocycles. The van der Waals surface area contributed by atoms with Gasteiger partial charge in [-0.1, -0.05) is 41.4 Å². The molecule has 0 spiro atoms. The van der Waals surface area contributed by atoms with Crippen LogP contribution in [0.3, 0.4) is 0 Å². The van der Waals surface area contributed by atoms with Crippen LogP contribution >= 0.6 is 23.2 Å². The van der Waals surface area contributed by atoms with Gasteiger partial charge in [0, 0.05) is 10.0 Å². The number of rotatable bonds is 3. The standard InChI is InChI=1S/C14H10Cl2O2/c15-11-3-1-2-9(7-11)6-10-4-5-12(16)8-13(10)14(17)18/h1-5,7-8H,6H2,(H,17,18). The van der Waals surface area contributed by atoms with Crippen LogP contribution < -0.4 is 0 Å². The number of carbonyl (C=O) groups is 1. The molecule has 0 aliphatic carbocycles. The molecule has 4 heteroatoms. The van der Waals surface area contributed by atoms with E-state index in [0.717, 1.165) is 5.56 Å². The second kappa shape index (κ2) is 5.42. The van der Waals surface area contributed by atoms with Crippen LogP contribution in [0.4, 0.5) is 0 Å². The van der Waals surface area contributed by atoms with Gasteiger partial charge >= 0.3 is 5.97 Å². The number of benzene rings is 2. The molecular weight excluding hydrogens is 271 g/mol. The van der Waals surface area contributed by atoms with Gasteiger partial charge in [0.2, 0.25) is 0 Å². The monoisotopic (exact) mass is 280 g/mol. The summed E-state index contributed by atoms with van der Waals surface area (Å²) in [6, 6.07) is 12.2. The summed E-state index contributed by atoms with van der Waals surface area (Å²) in [6.07, 6.45) is 0.513. The van der Waals surface area contributed by atoms with Crippen LogP contribution in [-0.4, -0.2) is 11.1 Å². The van der Waals surface area contributed by atoms with Gasteiger partial charge in [0.15, 0.2) is 0 Å². The smallest absolute Gasteiger partial charge is 0.336 e. The maximum Gasteiger partial charge on any atom is 0.336 e. The van der Waals surface area contributed by atoms with Crippen molar-refractivity contribution >= 4 is 29.2 Å². The van der Waals surface area contributed by atoms with Gasteiger partial charge in [-0.2, -0.15) is 0 Å². The average molecular weight is 281 g/mol. The van der Waals surface area contributed by atoms with Crippen molar-refractivity contribution in [3.8, 4) is 0 Å². The third kappa shape index (κ3) is 3.03. The number of aromatic carboxylic acids is 1. The normalized spacial score (nSPS) is 10.3. The molecule has 0 saturated carbocycles. The molecule has 18 heavy (non-hydrogen) atoms. The zero-order chi connectivity index (χ0) is 13.1. The highest BCUT2D eigenvalue weighted by Gasteiger charge is 2.11. The fourth-order valence-corrected chi connectivity index (χ4v) is 2.15. The Morgan fingerprint density at radius 1 is 1.06 bits per heavy atom. The van der Waals surface area contributed by atoms with Gasteiger partial charge in [0.25, 0.3) is 0 Å². The Morgan fingerprint density at radius 3 is 2.44 bits per heavy atom. The van der Waals surface area contributed by atoms with Crippen molar-refractivity contribution in [2.45, 2.75) is 6.42 Å². The van der Waals surface area contributed by atoms with Gasteiger partial charge in [-0.05, 0) is 41.8 Å².